The maximum atomic E-state index is 7.43. The third-order valence-corrected chi connectivity index (χ3v) is 2.54. The maximum Gasteiger partial charge on any atom is 0.293 e. The SMILES string of the molecule is N=C(N=C(N)N)SCc1noc(-c2ccco2)n1. The molecule has 0 radical (unpaired) electrons. The maximum absolute atomic E-state index is 7.43. The minimum Gasteiger partial charge on any atom is -0.459 e. The first-order valence-electron chi connectivity index (χ1n) is 4.82. The van der Waals surface area contributed by atoms with Crippen LogP contribution in [0.3, 0.4) is 0 Å². The van der Waals surface area contributed by atoms with Crippen molar-refractivity contribution in [2.24, 2.45) is 16.5 Å². The lowest BCUT2D eigenvalue weighted by atomic mass is 10.4. The molecule has 0 fully saturated rings. The van der Waals surface area contributed by atoms with Crippen LogP contribution in [-0.2, 0) is 5.75 Å². The van der Waals surface area contributed by atoms with Gasteiger partial charge in [-0.2, -0.15) is 9.98 Å². The van der Waals surface area contributed by atoms with Crippen LogP contribution in [0, 0.1) is 5.41 Å². The highest BCUT2D eigenvalue weighted by atomic mass is 32.2. The number of nitrogens with two attached hydrogens (primary N) is 2. The van der Waals surface area contributed by atoms with Crippen molar-refractivity contribution in [3.63, 3.8) is 0 Å². The standard InChI is InChI=1S/C9H10N6O2S/c10-8(11)14-9(12)18-4-6-13-7(17-15-6)5-2-1-3-16-5/h1-3H,4H2,(H5,10,11,12,14). The summed E-state index contributed by atoms with van der Waals surface area (Å²) in [6, 6.07) is 3.44. The zero-order valence-electron chi connectivity index (χ0n) is 9.16. The summed E-state index contributed by atoms with van der Waals surface area (Å²) in [5.41, 5.74) is 10.3. The number of thioether (sulfide) groups is 1. The lowest BCUT2D eigenvalue weighted by Gasteiger charge is -1.94. The number of aliphatic imine (C=N–C) groups is 1. The van der Waals surface area contributed by atoms with Gasteiger partial charge in [-0.05, 0) is 12.1 Å². The van der Waals surface area contributed by atoms with E-state index >= 15 is 0 Å². The summed E-state index contributed by atoms with van der Waals surface area (Å²) in [6.07, 6.45) is 1.52. The number of guanidine groups is 1. The third kappa shape index (κ3) is 3.10. The average Bonchev–Trinajstić information content (AvgIpc) is 2.96. The highest BCUT2D eigenvalue weighted by molar-refractivity contribution is 8.13. The third-order valence-electron chi connectivity index (χ3n) is 1.77. The van der Waals surface area contributed by atoms with Gasteiger partial charge in [0.2, 0.25) is 0 Å². The Labute approximate surface area is 106 Å². The second kappa shape index (κ2) is 5.36. The van der Waals surface area contributed by atoms with Crippen LogP contribution in [-0.4, -0.2) is 21.3 Å². The normalized spacial score (nSPS) is 10.2. The average molecular weight is 266 g/mol. The van der Waals surface area contributed by atoms with Gasteiger partial charge in [0.1, 0.15) is 0 Å². The van der Waals surface area contributed by atoms with Crippen molar-refractivity contribution in [1.82, 2.24) is 10.1 Å². The van der Waals surface area contributed by atoms with E-state index in [1.165, 1.54) is 6.26 Å². The molecule has 0 saturated heterocycles. The second-order valence-corrected chi connectivity index (χ2v) is 4.09. The van der Waals surface area contributed by atoms with Crippen LogP contribution in [0.5, 0.6) is 0 Å². The van der Waals surface area contributed by atoms with E-state index in [0.717, 1.165) is 11.8 Å². The van der Waals surface area contributed by atoms with Crippen LogP contribution >= 0.6 is 11.8 Å². The molecule has 0 aliphatic rings. The van der Waals surface area contributed by atoms with Crippen molar-refractivity contribution in [3.05, 3.63) is 24.2 Å². The Kier molecular flexibility index (Phi) is 3.63. The summed E-state index contributed by atoms with van der Waals surface area (Å²) in [4.78, 5) is 7.67. The van der Waals surface area contributed by atoms with Gasteiger partial charge in [-0.1, -0.05) is 16.9 Å². The summed E-state index contributed by atoms with van der Waals surface area (Å²) >= 11 is 1.09. The van der Waals surface area contributed by atoms with Crippen molar-refractivity contribution < 1.29 is 8.94 Å². The van der Waals surface area contributed by atoms with Crippen LogP contribution in [0.25, 0.3) is 11.7 Å². The molecule has 0 bridgehead atoms. The molecule has 2 rings (SSSR count). The van der Waals surface area contributed by atoms with Gasteiger partial charge in [0.15, 0.2) is 22.7 Å². The van der Waals surface area contributed by atoms with Crippen LogP contribution < -0.4 is 11.5 Å². The summed E-state index contributed by atoms with van der Waals surface area (Å²) < 4.78 is 10.1. The summed E-state index contributed by atoms with van der Waals surface area (Å²) in [5, 5.41) is 11.2. The van der Waals surface area contributed by atoms with E-state index < -0.39 is 0 Å². The topological polar surface area (TPSA) is 140 Å². The van der Waals surface area contributed by atoms with Gasteiger partial charge in [-0.3, -0.25) is 5.41 Å². The van der Waals surface area contributed by atoms with E-state index in [9.17, 15) is 0 Å². The van der Waals surface area contributed by atoms with Gasteiger partial charge >= 0.3 is 0 Å². The van der Waals surface area contributed by atoms with Gasteiger partial charge in [0.25, 0.3) is 5.89 Å². The minimum absolute atomic E-state index is 0.0145. The fourth-order valence-corrected chi connectivity index (χ4v) is 1.65. The number of nitrogens with zero attached hydrogens (tertiary/aromatic N) is 3. The Balaban J connectivity index is 1.96. The number of amidine groups is 1. The zero-order valence-corrected chi connectivity index (χ0v) is 9.98. The Bertz CT molecular complexity index is 557. The molecule has 8 nitrogen and oxygen atoms in total. The fourth-order valence-electron chi connectivity index (χ4n) is 1.10. The number of hydrogen-bond acceptors (Lipinski definition) is 6. The molecule has 0 saturated carbocycles. The number of rotatable bonds is 3. The minimum atomic E-state index is -0.156. The van der Waals surface area contributed by atoms with Crippen molar-refractivity contribution in [2.45, 2.75) is 5.75 Å². The van der Waals surface area contributed by atoms with Gasteiger partial charge in [-0.25, -0.2) is 0 Å². The molecule has 0 aliphatic heterocycles. The first-order chi connectivity index (χ1) is 8.65. The van der Waals surface area contributed by atoms with Gasteiger partial charge in [-0.15, -0.1) is 0 Å². The molecular weight excluding hydrogens is 256 g/mol. The van der Waals surface area contributed by atoms with Gasteiger partial charge in [0.05, 0.1) is 12.0 Å². The lowest BCUT2D eigenvalue weighted by Crippen LogP contribution is -2.23. The zero-order chi connectivity index (χ0) is 13.0. The quantitative estimate of drug-likeness (QED) is 0.550. The molecule has 2 aromatic heterocycles. The molecule has 2 aromatic rings. The molecule has 2 heterocycles. The molecule has 0 aliphatic carbocycles. The van der Waals surface area contributed by atoms with E-state index in [4.69, 9.17) is 25.8 Å². The molecule has 0 atom stereocenters. The number of aromatic nitrogens is 2. The predicted molar refractivity (Wildman–Crippen MR) is 66.8 cm³/mol. The molecule has 0 unspecified atom stereocenters. The molecule has 9 heteroatoms. The van der Waals surface area contributed by atoms with E-state index in [2.05, 4.69) is 15.1 Å². The van der Waals surface area contributed by atoms with Crippen LogP contribution in [0.2, 0.25) is 0 Å². The molecule has 5 N–H and O–H groups in total. The molecule has 0 spiro atoms. The Morgan fingerprint density at radius 3 is 3.00 bits per heavy atom. The van der Waals surface area contributed by atoms with Crippen molar-refractivity contribution in [3.8, 4) is 11.7 Å². The Hall–Kier alpha value is -2.29. The molecular formula is C9H10N6O2S. The molecule has 0 aromatic carbocycles. The predicted octanol–water partition coefficient (Wildman–Crippen LogP) is 0.771. The smallest absolute Gasteiger partial charge is 0.293 e. The van der Waals surface area contributed by atoms with Crippen molar-refractivity contribution >= 4 is 22.9 Å². The molecule has 94 valence electrons. The van der Waals surface area contributed by atoms with Crippen LogP contribution in [0.15, 0.2) is 32.3 Å². The van der Waals surface area contributed by atoms with Crippen LogP contribution in [0.1, 0.15) is 5.82 Å². The molecule has 18 heavy (non-hydrogen) atoms. The summed E-state index contributed by atoms with van der Waals surface area (Å²) in [7, 11) is 0. The lowest BCUT2D eigenvalue weighted by molar-refractivity contribution is 0.411. The summed E-state index contributed by atoms with van der Waals surface area (Å²) in [6.45, 7) is 0. The number of nitrogens with one attached hydrogen (secondary N) is 1. The van der Waals surface area contributed by atoms with Crippen LogP contribution in [0.4, 0.5) is 0 Å². The molecule has 0 amide bonds. The highest BCUT2D eigenvalue weighted by Crippen LogP contribution is 2.19. The number of hydrogen-bond donors (Lipinski definition) is 3. The van der Waals surface area contributed by atoms with Gasteiger partial charge in [0, 0.05) is 0 Å². The Morgan fingerprint density at radius 2 is 2.33 bits per heavy atom. The largest absolute Gasteiger partial charge is 0.459 e. The van der Waals surface area contributed by atoms with E-state index in [1.807, 2.05) is 0 Å². The first-order valence-corrected chi connectivity index (χ1v) is 5.81. The summed E-state index contributed by atoms with van der Waals surface area (Å²) in [5.74, 6) is 1.40. The van der Waals surface area contributed by atoms with E-state index in [0.29, 0.717) is 23.2 Å². The van der Waals surface area contributed by atoms with Crippen molar-refractivity contribution in [2.75, 3.05) is 0 Å². The first kappa shape index (κ1) is 12.2. The second-order valence-electron chi connectivity index (χ2n) is 3.12. The Morgan fingerprint density at radius 1 is 1.50 bits per heavy atom. The monoisotopic (exact) mass is 266 g/mol. The van der Waals surface area contributed by atoms with E-state index in [1.54, 1.807) is 12.1 Å². The fraction of sp³-hybridized carbons (Fsp3) is 0.111. The van der Waals surface area contributed by atoms with Crippen molar-refractivity contribution in [1.29, 1.82) is 5.41 Å². The highest BCUT2D eigenvalue weighted by Gasteiger charge is 2.11. The van der Waals surface area contributed by atoms with Gasteiger partial charge < -0.3 is 20.4 Å². The van der Waals surface area contributed by atoms with E-state index in [-0.39, 0.29) is 11.1 Å². The number of furan rings is 1.